The van der Waals surface area contributed by atoms with Gasteiger partial charge in [-0.2, -0.15) is 0 Å². The van der Waals surface area contributed by atoms with Gasteiger partial charge in [0.25, 0.3) is 0 Å². The molecule has 0 unspecified atom stereocenters. The summed E-state index contributed by atoms with van der Waals surface area (Å²) in [5.41, 5.74) is -3.02. The molecule has 2 N–H and O–H groups in total. The van der Waals surface area contributed by atoms with E-state index in [2.05, 4.69) is 6.58 Å². The molecule has 0 radical (unpaired) electrons. The van der Waals surface area contributed by atoms with E-state index in [0.29, 0.717) is 0 Å². The summed E-state index contributed by atoms with van der Waals surface area (Å²) in [5, 5.41) is 25.5. The summed E-state index contributed by atoms with van der Waals surface area (Å²) in [7, 11) is 0. The molecule has 1 aliphatic carbocycles. The van der Waals surface area contributed by atoms with Crippen molar-refractivity contribution in [3.8, 4) is 23.0 Å². The molecular formula is C55H66O33. The number of benzene rings is 1. The first-order valence-electron chi connectivity index (χ1n) is 26.7. The van der Waals surface area contributed by atoms with Crippen LogP contribution in [-0.2, 0) is 129 Å². The van der Waals surface area contributed by atoms with E-state index in [-0.39, 0.29) is 5.76 Å². The van der Waals surface area contributed by atoms with Crippen molar-refractivity contribution in [2.75, 3.05) is 19.8 Å². The van der Waals surface area contributed by atoms with Gasteiger partial charge in [0.15, 0.2) is 59.7 Å². The number of aromatic hydroxyl groups is 2. The minimum Gasteiger partial charge on any atom is -0.504 e. The summed E-state index contributed by atoms with van der Waals surface area (Å²) in [4.78, 5) is 170. The van der Waals surface area contributed by atoms with Crippen molar-refractivity contribution in [2.24, 2.45) is 0 Å². The van der Waals surface area contributed by atoms with E-state index in [1.54, 1.807) is 0 Å². The van der Waals surface area contributed by atoms with Crippen molar-refractivity contribution in [3.63, 3.8) is 0 Å². The fourth-order valence-corrected chi connectivity index (χ4v) is 9.53. The number of ether oxygens (including phenoxy) is 18. The number of allylic oxidation sites excluding steroid dienone is 3. The van der Waals surface area contributed by atoms with Crippen LogP contribution in [0.2, 0.25) is 0 Å². The number of phenolic OH excluding ortho intramolecular Hbond substituents is 2. The maximum atomic E-state index is 15.4. The fraction of sp³-hybridized carbons (Fsp3) is 0.582. The van der Waals surface area contributed by atoms with E-state index in [9.17, 15) is 63.0 Å². The molecule has 1 aromatic carbocycles. The van der Waals surface area contributed by atoms with Crippen LogP contribution in [0.25, 0.3) is 0 Å². The van der Waals surface area contributed by atoms with Gasteiger partial charge in [-0.15, -0.1) is 0 Å². The number of phenols is 2. The number of hydrogen-bond donors (Lipinski definition) is 2. The standard InChI is InChI=1S/C55H66O33/c1-15-31-37(67)35-36(38(68)41(31)86-53-50(80-28(12)64)47(77-25(9)61)42(74-19(2)3)32(83-53)16-71-20(4)56)40(70)46(88-55-52(82-30(14)66)49(79-27(11)63)44(76-24(8)60)34(85-55)18-73-22(6)58)45(39(35)69)87-54-51(81-29(13)65)48(78-26(10)62)43(75-23(7)59)33(84-54)17-72-21(5)57/h32-34,42-44,47-55,69-70H,2,15-18H2,1,3-14H3/t32-,33+,34+,42-,43+,44+,47+,48-,49-,50-,51+,52+,53+,54-,55-/m0/s1. The molecule has 0 aromatic heterocycles. The van der Waals surface area contributed by atoms with Crippen molar-refractivity contribution in [1.29, 1.82) is 0 Å². The third-order valence-electron chi connectivity index (χ3n) is 12.5. The Hall–Kier alpha value is -9.11. The normalized spacial score (nSPS) is 27.3. The lowest BCUT2D eigenvalue weighted by Gasteiger charge is -2.45. The molecule has 0 spiro atoms. The number of rotatable bonds is 23. The van der Waals surface area contributed by atoms with Crippen molar-refractivity contribution in [1.82, 2.24) is 0 Å². The summed E-state index contributed by atoms with van der Waals surface area (Å²) in [6, 6.07) is 0. The Morgan fingerprint density at radius 3 is 0.909 bits per heavy atom. The van der Waals surface area contributed by atoms with Crippen molar-refractivity contribution in [3.05, 3.63) is 34.8 Å². The molecular weight excluding hydrogens is 1190 g/mol. The summed E-state index contributed by atoms with van der Waals surface area (Å²) >= 11 is 0. The lowest BCUT2D eigenvalue weighted by atomic mass is 9.85. The van der Waals surface area contributed by atoms with Crippen LogP contribution >= 0.6 is 0 Å². The predicted octanol–water partition coefficient (Wildman–Crippen LogP) is 1.15. The van der Waals surface area contributed by atoms with Crippen LogP contribution in [0.4, 0.5) is 0 Å². The van der Waals surface area contributed by atoms with Crippen LogP contribution in [0, 0.1) is 0 Å². The quantitative estimate of drug-likeness (QED) is 0.0671. The first-order valence-corrected chi connectivity index (χ1v) is 26.7. The molecule has 5 rings (SSSR count). The molecule has 33 heteroatoms. The van der Waals surface area contributed by atoms with E-state index in [1.807, 2.05) is 0 Å². The van der Waals surface area contributed by atoms with Gasteiger partial charge in [0, 0.05) is 81.7 Å². The Balaban J connectivity index is 1.87. The highest BCUT2D eigenvalue weighted by molar-refractivity contribution is 6.29. The number of carbonyl (C=O) groups is 13. The maximum Gasteiger partial charge on any atom is 0.303 e. The number of Topliss-reactive ketones (excluding diaryl/α,β-unsaturated/α-hetero) is 2. The largest absolute Gasteiger partial charge is 0.504 e. The highest BCUT2D eigenvalue weighted by Gasteiger charge is 2.58. The first-order chi connectivity index (χ1) is 41.1. The zero-order valence-corrected chi connectivity index (χ0v) is 49.7. The molecule has 484 valence electrons. The highest BCUT2D eigenvalue weighted by Crippen LogP contribution is 2.54. The summed E-state index contributed by atoms with van der Waals surface area (Å²) in [5.74, 6) is -21.2. The minimum atomic E-state index is -2.41. The zero-order chi connectivity index (χ0) is 65.9. The summed E-state index contributed by atoms with van der Waals surface area (Å²) < 4.78 is 102. The van der Waals surface area contributed by atoms with E-state index in [0.717, 1.165) is 76.2 Å². The van der Waals surface area contributed by atoms with Crippen LogP contribution in [0.3, 0.4) is 0 Å². The van der Waals surface area contributed by atoms with Gasteiger partial charge in [0.1, 0.15) is 38.1 Å². The molecule has 0 bridgehead atoms. The Bertz CT molecular complexity index is 2980. The Labute approximate surface area is 500 Å². The molecule has 15 atom stereocenters. The Morgan fingerprint density at radius 1 is 0.375 bits per heavy atom. The Morgan fingerprint density at radius 2 is 0.636 bits per heavy atom. The van der Waals surface area contributed by atoms with Crippen LogP contribution in [0.1, 0.15) is 117 Å². The van der Waals surface area contributed by atoms with Crippen molar-refractivity contribution in [2.45, 2.75) is 189 Å². The van der Waals surface area contributed by atoms with E-state index in [1.165, 1.54) is 13.8 Å². The molecule has 0 amide bonds. The summed E-state index contributed by atoms with van der Waals surface area (Å²) in [6.45, 7) is 14.2. The van der Waals surface area contributed by atoms with E-state index < -0.39 is 241 Å². The average Bonchev–Trinajstić information content (AvgIpc) is 1.14. The molecule has 3 aliphatic heterocycles. The second kappa shape index (κ2) is 30.0. The minimum absolute atomic E-state index is 0.0187. The molecule has 33 nitrogen and oxygen atoms in total. The second-order valence-electron chi connectivity index (χ2n) is 19.7. The van der Waals surface area contributed by atoms with Crippen molar-refractivity contribution < 1.29 is 158 Å². The molecule has 88 heavy (non-hydrogen) atoms. The van der Waals surface area contributed by atoms with Crippen LogP contribution in [0.15, 0.2) is 23.7 Å². The van der Waals surface area contributed by atoms with Crippen LogP contribution < -0.4 is 9.47 Å². The second-order valence-corrected chi connectivity index (χ2v) is 19.7. The van der Waals surface area contributed by atoms with Gasteiger partial charge in [-0.3, -0.25) is 62.3 Å². The number of ketones is 2. The first kappa shape index (κ1) is 69.7. The summed E-state index contributed by atoms with van der Waals surface area (Å²) in [6.07, 6.45) is -29.7. The van der Waals surface area contributed by atoms with Gasteiger partial charge in [-0.05, 0) is 13.3 Å². The molecule has 3 fully saturated rings. The van der Waals surface area contributed by atoms with Gasteiger partial charge >= 0.3 is 65.7 Å². The average molecular weight is 1260 g/mol. The van der Waals surface area contributed by atoms with E-state index in [4.69, 9.17) is 85.3 Å². The van der Waals surface area contributed by atoms with E-state index >= 15 is 9.59 Å². The number of fused-ring (bicyclic) bond motifs is 1. The van der Waals surface area contributed by atoms with Gasteiger partial charge in [-0.25, -0.2) is 0 Å². The van der Waals surface area contributed by atoms with Gasteiger partial charge in [0.2, 0.25) is 54.5 Å². The fourth-order valence-electron chi connectivity index (χ4n) is 9.53. The SMILES string of the molecule is C=C(C)O[C@@H]1[C@@H](OC(C)=O)[C@H](OC(C)=O)[C@@H](OC2=C(CC)C(=O)c3c(O)c(O[C@@H]4O[C@H](COC(C)=O)[C@@H](OC(C)=O)[C@H](OC(C)=O)[C@H]4OC(C)=O)c(O[C@@H]4O[C@H](COC(C)=O)[C@@H](OC(C)=O)[C@H](OC(C)=O)[C@H]4OC(C)=O)c(O)c3C2=O)O[C@H]1COC(C)=O. The number of hydrogen-bond acceptors (Lipinski definition) is 33. The molecule has 4 aliphatic rings. The molecule has 1 aromatic rings. The number of carbonyl (C=O) groups excluding carboxylic acids is 13. The maximum absolute atomic E-state index is 15.4. The highest BCUT2D eigenvalue weighted by atomic mass is 16.8. The molecule has 3 saturated heterocycles. The zero-order valence-electron chi connectivity index (χ0n) is 49.7. The third kappa shape index (κ3) is 17.3. The van der Waals surface area contributed by atoms with Gasteiger partial charge in [-0.1, -0.05) is 13.5 Å². The van der Waals surface area contributed by atoms with Gasteiger partial charge in [0.05, 0.1) is 16.9 Å². The lowest BCUT2D eigenvalue weighted by molar-refractivity contribution is -0.298. The van der Waals surface area contributed by atoms with Gasteiger partial charge < -0.3 is 95.5 Å². The third-order valence-corrected chi connectivity index (χ3v) is 12.5. The Kier molecular flexibility index (Phi) is 23.7. The molecule has 0 saturated carbocycles. The van der Waals surface area contributed by atoms with Crippen molar-refractivity contribution >= 4 is 77.2 Å². The smallest absolute Gasteiger partial charge is 0.303 e. The van der Waals surface area contributed by atoms with Crippen LogP contribution in [0.5, 0.6) is 23.0 Å². The lowest BCUT2D eigenvalue weighted by Crippen LogP contribution is -2.64. The molecule has 3 heterocycles. The van der Waals surface area contributed by atoms with Crippen LogP contribution in [-0.4, -0.2) is 199 Å². The topological polar surface area (TPSA) is 429 Å². The number of esters is 11. The monoisotopic (exact) mass is 1250 g/mol. The predicted molar refractivity (Wildman–Crippen MR) is 278 cm³/mol.